The molecule has 0 radical (unpaired) electrons. The first-order valence-corrected chi connectivity index (χ1v) is 11.6. The van der Waals surface area contributed by atoms with Crippen molar-refractivity contribution in [3.05, 3.63) is 94.3 Å². The summed E-state index contributed by atoms with van der Waals surface area (Å²) in [4.78, 5) is 36.2. The molecule has 0 fully saturated rings. The second-order valence-corrected chi connectivity index (χ2v) is 8.50. The minimum Gasteiger partial charge on any atom is -0.382 e. The molecule has 5 N–H and O–H groups in total. The fraction of sp³-hybridized carbons (Fsp3) is 0.148. The van der Waals surface area contributed by atoms with Crippen LogP contribution in [0.15, 0.2) is 71.8 Å². The molecule has 0 bridgehead atoms. The number of fused-ring (bicyclic) bond motifs is 2. The number of hydrogen-bond donors (Lipinski definition) is 4. The van der Waals surface area contributed by atoms with Gasteiger partial charge in [-0.2, -0.15) is 0 Å². The molecule has 5 rings (SSSR count). The Balaban J connectivity index is 1.66. The van der Waals surface area contributed by atoms with E-state index in [1.54, 1.807) is 67.2 Å². The van der Waals surface area contributed by atoms with E-state index in [1.807, 2.05) is 18.2 Å². The molecule has 184 valence electrons. The Hall–Kier alpha value is -5.01. The Morgan fingerprint density at radius 3 is 2.70 bits per heavy atom. The molecular weight excluding hydrogens is 470 g/mol. The fourth-order valence-corrected chi connectivity index (χ4v) is 4.16. The second-order valence-electron chi connectivity index (χ2n) is 8.50. The van der Waals surface area contributed by atoms with Crippen molar-refractivity contribution in [1.82, 2.24) is 25.0 Å². The number of aliphatic hydroxyl groups excluding tert-OH is 1. The van der Waals surface area contributed by atoms with Crippen LogP contribution in [0.4, 0.5) is 5.82 Å². The van der Waals surface area contributed by atoms with Gasteiger partial charge >= 0.3 is 5.65 Å². The monoisotopic (exact) mass is 494 g/mol. The van der Waals surface area contributed by atoms with Crippen LogP contribution in [-0.4, -0.2) is 36.8 Å². The molecule has 3 heterocycles. The standard InChI is InChI=1S/C27H23N7O3/c1-16(35)12-13-18-8-6-11-20-21(18)27(37)34(19-9-4-3-5-10-19)24(31-20)17(2)30-26(36)22-23(28)32-33-15-7-14-29-25(22)33/h3-11,14-17,35H,1-2H3,(H3,28,30,32,36)/p+1. The van der Waals surface area contributed by atoms with Crippen molar-refractivity contribution < 1.29 is 14.4 Å². The third kappa shape index (κ3) is 4.39. The molecule has 10 heteroatoms. The van der Waals surface area contributed by atoms with Crippen LogP contribution in [0.2, 0.25) is 0 Å². The van der Waals surface area contributed by atoms with Gasteiger partial charge in [0.05, 0.1) is 22.6 Å². The summed E-state index contributed by atoms with van der Waals surface area (Å²) >= 11 is 0. The lowest BCUT2D eigenvalue weighted by molar-refractivity contribution is -0.577. The zero-order chi connectivity index (χ0) is 26.1. The van der Waals surface area contributed by atoms with E-state index < -0.39 is 18.1 Å². The lowest BCUT2D eigenvalue weighted by Gasteiger charge is -2.19. The number of carbonyl (C=O) groups excluding carboxylic acids is 1. The lowest BCUT2D eigenvalue weighted by Crippen LogP contribution is -2.34. The number of nitrogens with two attached hydrogens (primary N) is 1. The smallest absolute Gasteiger partial charge is 0.362 e. The number of hydrogen-bond acceptors (Lipinski definition) is 6. The summed E-state index contributed by atoms with van der Waals surface area (Å²) in [7, 11) is 0. The Morgan fingerprint density at radius 2 is 1.95 bits per heavy atom. The van der Waals surface area contributed by atoms with E-state index in [1.165, 1.54) is 4.57 Å². The van der Waals surface area contributed by atoms with E-state index in [9.17, 15) is 14.7 Å². The minimum absolute atomic E-state index is 0.164. The lowest BCUT2D eigenvalue weighted by atomic mass is 10.1. The molecule has 3 aromatic heterocycles. The first-order valence-electron chi connectivity index (χ1n) is 11.6. The molecule has 2 aromatic carbocycles. The van der Waals surface area contributed by atoms with Crippen molar-refractivity contribution in [2.45, 2.75) is 26.0 Å². The second kappa shape index (κ2) is 9.56. The molecule has 0 aliphatic heterocycles. The summed E-state index contributed by atoms with van der Waals surface area (Å²) < 4.78 is 3.02. The first-order chi connectivity index (χ1) is 17.8. The van der Waals surface area contributed by atoms with Crippen LogP contribution in [-0.2, 0) is 0 Å². The van der Waals surface area contributed by atoms with Crippen LogP contribution in [0, 0.1) is 11.8 Å². The third-order valence-corrected chi connectivity index (χ3v) is 5.80. The van der Waals surface area contributed by atoms with Gasteiger partial charge < -0.3 is 16.2 Å². The number of carbonyl (C=O) groups is 1. The first kappa shape index (κ1) is 23.7. The van der Waals surface area contributed by atoms with Gasteiger partial charge in [-0.1, -0.05) is 36.1 Å². The zero-order valence-corrected chi connectivity index (χ0v) is 20.1. The Bertz CT molecular complexity index is 1760. The van der Waals surface area contributed by atoms with Crippen LogP contribution in [0.3, 0.4) is 0 Å². The van der Waals surface area contributed by atoms with Crippen LogP contribution >= 0.6 is 0 Å². The molecule has 5 aromatic rings. The van der Waals surface area contributed by atoms with Crippen LogP contribution in [0.1, 0.15) is 41.6 Å². The molecule has 0 saturated heterocycles. The van der Waals surface area contributed by atoms with E-state index in [0.29, 0.717) is 33.6 Å². The van der Waals surface area contributed by atoms with Gasteiger partial charge in [0.15, 0.2) is 11.4 Å². The van der Waals surface area contributed by atoms with Crippen LogP contribution < -0.4 is 21.1 Å². The molecule has 0 aliphatic carbocycles. The number of nitrogens with one attached hydrogen (secondary N) is 2. The highest BCUT2D eigenvalue weighted by Gasteiger charge is 2.27. The van der Waals surface area contributed by atoms with Crippen LogP contribution in [0.5, 0.6) is 0 Å². The van der Waals surface area contributed by atoms with Crippen molar-refractivity contribution in [3.8, 4) is 17.5 Å². The van der Waals surface area contributed by atoms with E-state index in [-0.39, 0.29) is 16.9 Å². The third-order valence-electron chi connectivity index (χ3n) is 5.80. The number of benzene rings is 2. The van der Waals surface area contributed by atoms with Crippen molar-refractivity contribution in [1.29, 1.82) is 0 Å². The van der Waals surface area contributed by atoms with E-state index in [0.717, 1.165) is 0 Å². The number of nitrogens with zero attached hydrogens (tertiary/aromatic N) is 4. The number of amides is 1. The maximum atomic E-state index is 13.9. The topological polar surface area (TPSA) is 143 Å². The quantitative estimate of drug-likeness (QED) is 0.221. The average molecular weight is 495 g/mol. The summed E-state index contributed by atoms with van der Waals surface area (Å²) in [6, 6.07) is 15.3. The van der Waals surface area contributed by atoms with E-state index in [4.69, 9.17) is 10.7 Å². The maximum absolute atomic E-state index is 13.9. The molecule has 0 saturated carbocycles. The van der Waals surface area contributed by atoms with Gasteiger partial charge in [0.1, 0.15) is 24.3 Å². The Kier molecular flexibility index (Phi) is 6.13. The molecule has 2 atom stereocenters. The van der Waals surface area contributed by atoms with Gasteiger partial charge in [0, 0.05) is 11.6 Å². The zero-order valence-electron chi connectivity index (χ0n) is 20.1. The number of para-hydroxylation sites is 1. The van der Waals surface area contributed by atoms with Gasteiger partial charge in [0.25, 0.3) is 11.5 Å². The number of anilines is 1. The number of nitrogen functional groups attached to an aromatic ring is 1. The molecule has 37 heavy (non-hydrogen) atoms. The summed E-state index contributed by atoms with van der Waals surface area (Å²) in [6.45, 7) is 3.29. The Morgan fingerprint density at radius 1 is 1.16 bits per heavy atom. The largest absolute Gasteiger partial charge is 0.382 e. The number of aromatic amines is 1. The fourth-order valence-electron chi connectivity index (χ4n) is 4.16. The highest BCUT2D eigenvalue weighted by atomic mass is 16.3. The normalized spacial score (nSPS) is 12.6. The predicted molar refractivity (Wildman–Crippen MR) is 138 cm³/mol. The minimum atomic E-state index is -0.848. The summed E-state index contributed by atoms with van der Waals surface area (Å²) in [6.07, 6.45) is 2.42. The average Bonchev–Trinajstić information content (AvgIpc) is 3.23. The molecule has 10 nitrogen and oxygen atoms in total. The summed E-state index contributed by atoms with van der Waals surface area (Å²) in [5.74, 6) is 5.60. The summed E-state index contributed by atoms with van der Waals surface area (Å²) in [5.41, 5.74) is 7.77. The number of aromatic nitrogens is 5. The highest BCUT2D eigenvalue weighted by Crippen LogP contribution is 2.21. The van der Waals surface area contributed by atoms with Crippen molar-refractivity contribution in [2.24, 2.45) is 0 Å². The summed E-state index contributed by atoms with van der Waals surface area (Å²) in [5, 5.41) is 15.7. The van der Waals surface area contributed by atoms with Crippen molar-refractivity contribution in [3.63, 3.8) is 0 Å². The molecular formula is C27H24N7O3+. The van der Waals surface area contributed by atoms with Gasteiger partial charge in [-0.15, -0.1) is 4.52 Å². The van der Waals surface area contributed by atoms with Gasteiger partial charge in [-0.3, -0.25) is 14.2 Å². The highest BCUT2D eigenvalue weighted by molar-refractivity contribution is 6.03. The van der Waals surface area contributed by atoms with Gasteiger partial charge in [-0.25, -0.2) is 10.1 Å². The molecule has 0 spiro atoms. The molecule has 1 amide bonds. The molecule has 2 unspecified atom stereocenters. The predicted octanol–water partition coefficient (Wildman–Crippen LogP) is 1.65. The van der Waals surface area contributed by atoms with Gasteiger partial charge in [0.2, 0.25) is 0 Å². The van der Waals surface area contributed by atoms with Crippen molar-refractivity contribution >= 4 is 28.3 Å². The van der Waals surface area contributed by atoms with Gasteiger partial charge in [-0.05, 0) is 43.1 Å². The van der Waals surface area contributed by atoms with E-state index in [2.05, 4.69) is 27.2 Å². The van der Waals surface area contributed by atoms with Crippen molar-refractivity contribution in [2.75, 3.05) is 5.73 Å². The number of H-pyrrole nitrogens is 1. The number of rotatable bonds is 4. The maximum Gasteiger partial charge on any atom is 0.362 e. The van der Waals surface area contributed by atoms with E-state index >= 15 is 0 Å². The van der Waals surface area contributed by atoms with Crippen LogP contribution in [0.25, 0.3) is 22.2 Å². The Labute approximate surface area is 211 Å². The molecule has 0 aliphatic rings. The SMILES string of the molecule is CC(O)C#Cc1cccc2nc(C(C)NC(=O)c3c(N)[nH][n+]4cccnc34)n(-c3ccccc3)c(=O)c12. The number of aliphatic hydroxyl groups is 1.